The first-order valence-electron chi connectivity index (χ1n) is 8.22. The van der Waals surface area contributed by atoms with Gasteiger partial charge in [0.1, 0.15) is 0 Å². The molecule has 136 valence electrons. The van der Waals surface area contributed by atoms with E-state index in [0.29, 0.717) is 17.6 Å². The number of aryl methyl sites for hydroxylation is 1. The summed E-state index contributed by atoms with van der Waals surface area (Å²) in [5.41, 5.74) is 0.826. The normalized spacial score (nSPS) is 12.7. The standard InChI is InChI=1S/C18H28ClNO3S/c1-18(2,3)20-17(22)23-12-10-15(24-13-11-21)9-8-14-6-4-5-7-16(14)19/h4-7,15,21H,8-13H2,1-3H3,(H,20,22). The fourth-order valence-corrected chi connectivity index (χ4v) is 3.39. The van der Waals surface area contributed by atoms with E-state index in [9.17, 15) is 4.79 Å². The summed E-state index contributed by atoms with van der Waals surface area (Å²) >= 11 is 7.90. The van der Waals surface area contributed by atoms with Crippen LogP contribution in [0.1, 0.15) is 39.2 Å². The van der Waals surface area contributed by atoms with Gasteiger partial charge in [-0.05, 0) is 51.7 Å². The summed E-state index contributed by atoms with van der Waals surface area (Å²) in [5.74, 6) is 0.682. The van der Waals surface area contributed by atoms with E-state index in [-0.39, 0.29) is 18.2 Å². The van der Waals surface area contributed by atoms with E-state index in [1.54, 1.807) is 11.8 Å². The molecule has 0 fully saturated rings. The van der Waals surface area contributed by atoms with Crippen molar-refractivity contribution in [3.05, 3.63) is 34.9 Å². The number of halogens is 1. The van der Waals surface area contributed by atoms with Crippen LogP contribution in [0.4, 0.5) is 4.79 Å². The molecule has 24 heavy (non-hydrogen) atoms. The number of benzene rings is 1. The minimum absolute atomic E-state index is 0.151. The number of ether oxygens (including phenoxy) is 1. The molecule has 1 amide bonds. The second-order valence-corrected chi connectivity index (χ2v) is 8.46. The number of aliphatic hydroxyl groups excluding tert-OH is 1. The van der Waals surface area contributed by atoms with Crippen molar-refractivity contribution in [2.24, 2.45) is 0 Å². The van der Waals surface area contributed by atoms with E-state index >= 15 is 0 Å². The number of carbonyl (C=O) groups is 1. The maximum atomic E-state index is 11.7. The topological polar surface area (TPSA) is 58.6 Å². The van der Waals surface area contributed by atoms with Gasteiger partial charge < -0.3 is 15.2 Å². The van der Waals surface area contributed by atoms with Crippen LogP contribution < -0.4 is 5.32 Å². The minimum Gasteiger partial charge on any atom is -0.450 e. The van der Waals surface area contributed by atoms with Gasteiger partial charge in [-0.15, -0.1) is 0 Å². The van der Waals surface area contributed by atoms with Crippen molar-refractivity contribution in [2.75, 3.05) is 19.0 Å². The van der Waals surface area contributed by atoms with Gasteiger partial charge >= 0.3 is 6.09 Å². The molecule has 0 aliphatic carbocycles. The molecule has 0 bridgehead atoms. The number of carbonyl (C=O) groups excluding carboxylic acids is 1. The molecule has 0 spiro atoms. The first kappa shape index (κ1) is 21.1. The van der Waals surface area contributed by atoms with Crippen LogP contribution in [0, 0.1) is 0 Å². The van der Waals surface area contributed by atoms with Gasteiger partial charge in [0.15, 0.2) is 0 Å². The Hall–Kier alpha value is -0.910. The zero-order chi connectivity index (χ0) is 18.0. The fraction of sp³-hybridized carbons (Fsp3) is 0.611. The monoisotopic (exact) mass is 373 g/mol. The van der Waals surface area contributed by atoms with Crippen molar-refractivity contribution in [2.45, 2.75) is 50.8 Å². The number of aliphatic hydroxyl groups is 1. The lowest BCUT2D eigenvalue weighted by atomic mass is 10.1. The number of alkyl carbamates (subject to hydrolysis) is 1. The maximum Gasteiger partial charge on any atom is 0.407 e. The summed E-state index contributed by atoms with van der Waals surface area (Å²) in [5, 5.41) is 12.9. The second-order valence-electron chi connectivity index (χ2n) is 6.65. The van der Waals surface area contributed by atoms with Gasteiger partial charge in [0, 0.05) is 21.6 Å². The highest BCUT2D eigenvalue weighted by Crippen LogP contribution is 2.23. The molecule has 0 aromatic heterocycles. The Bertz CT molecular complexity index is 505. The summed E-state index contributed by atoms with van der Waals surface area (Å²) < 4.78 is 5.25. The molecule has 0 heterocycles. The number of hydrogen-bond donors (Lipinski definition) is 2. The van der Waals surface area contributed by atoms with Gasteiger partial charge in [0.05, 0.1) is 13.2 Å². The summed E-state index contributed by atoms with van der Waals surface area (Å²) in [7, 11) is 0. The van der Waals surface area contributed by atoms with Crippen LogP contribution in [0.15, 0.2) is 24.3 Å². The predicted molar refractivity (Wildman–Crippen MR) is 102 cm³/mol. The Morgan fingerprint density at radius 2 is 2.04 bits per heavy atom. The van der Waals surface area contributed by atoms with Gasteiger partial charge in [0.25, 0.3) is 0 Å². The third kappa shape index (κ3) is 9.40. The maximum absolute atomic E-state index is 11.7. The average molecular weight is 374 g/mol. The molecule has 6 heteroatoms. The molecule has 4 nitrogen and oxygen atoms in total. The minimum atomic E-state index is -0.389. The largest absolute Gasteiger partial charge is 0.450 e. The smallest absolute Gasteiger partial charge is 0.407 e. The Morgan fingerprint density at radius 3 is 2.67 bits per heavy atom. The van der Waals surface area contributed by atoms with Crippen molar-refractivity contribution in [1.82, 2.24) is 5.32 Å². The highest BCUT2D eigenvalue weighted by atomic mass is 35.5. The lowest BCUT2D eigenvalue weighted by Gasteiger charge is -2.21. The molecule has 0 radical (unpaired) electrons. The Balaban J connectivity index is 2.41. The van der Waals surface area contributed by atoms with Crippen molar-refractivity contribution in [3.63, 3.8) is 0 Å². The van der Waals surface area contributed by atoms with Crippen LogP contribution in [0.3, 0.4) is 0 Å². The molecule has 1 aromatic carbocycles. The molecule has 0 saturated heterocycles. The number of rotatable bonds is 9. The SMILES string of the molecule is CC(C)(C)NC(=O)OCCC(CCc1ccccc1Cl)SCCO. The highest BCUT2D eigenvalue weighted by Gasteiger charge is 2.16. The third-order valence-electron chi connectivity index (χ3n) is 3.29. The summed E-state index contributed by atoms with van der Waals surface area (Å²) in [6, 6.07) is 7.83. The first-order chi connectivity index (χ1) is 11.3. The van der Waals surface area contributed by atoms with Crippen molar-refractivity contribution in [1.29, 1.82) is 0 Å². The van der Waals surface area contributed by atoms with E-state index in [1.807, 2.05) is 45.0 Å². The predicted octanol–water partition coefficient (Wildman–Crippen LogP) is 4.28. The second kappa shape index (κ2) is 10.9. The average Bonchev–Trinajstić information content (AvgIpc) is 2.49. The summed E-state index contributed by atoms with van der Waals surface area (Å²) in [6.45, 7) is 6.26. The Kier molecular flexibility index (Phi) is 9.56. The molecule has 0 aliphatic rings. The third-order valence-corrected chi connectivity index (χ3v) is 5.02. The Labute approximate surface area is 154 Å². The van der Waals surface area contributed by atoms with Crippen molar-refractivity contribution < 1.29 is 14.6 Å². The van der Waals surface area contributed by atoms with Gasteiger partial charge in [-0.25, -0.2) is 4.79 Å². The van der Waals surface area contributed by atoms with E-state index in [2.05, 4.69) is 5.32 Å². The van der Waals surface area contributed by atoms with Gasteiger partial charge in [-0.3, -0.25) is 0 Å². The van der Waals surface area contributed by atoms with Crippen molar-refractivity contribution in [3.8, 4) is 0 Å². The summed E-state index contributed by atoms with van der Waals surface area (Å²) in [6.07, 6.45) is 2.17. The fourth-order valence-electron chi connectivity index (χ4n) is 2.17. The quantitative estimate of drug-likeness (QED) is 0.678. The summed E-state index contributed by atoms with van der Waals surface area (Å²) in [4.78, 5) is 11.7. The zero-order valence-corrected chi connectivity index (χ0v) is 16.3. The number of nitrogens with one attached hydrogen (secondary N) is 1. The molecule has 1 rings (SSSR count). The number of hydrogen-bond acceptors (Lipinski definition) is 4. The van der Waals surface area contributed by atoms with E-state index < -0.39 is 0 Å². The zero-order valence-electron chi connectivity index (χ0n) is 14.7. The van der Waals surface area contributed by atoms with Crippen LogP contribution in [0.25, 0.3) is 0 Å². The number of thioether (sulfide) groups is 1. The van der Waals surface area contributed by atoms with Crippen molar-refractivity contribution >= 4 is 29.5 Å². The van der Waals surface area contributed by atoms with Gasteiger partial charge in [-0.1, -0.05) is 29.8 Å². The van der Waals surface area contributed by atoms with E-state index in [1.165, 1.54) is 0 Å². The lowest BCUT2D eigenvalue weighted by molar-refractivity contribution is 0.136. The van der Waals surface area contributed by atoms with Crippen LogP contribution in [0.2, 0.25) is 5.02 Å². The first-order valence-corrected chi connectivity index (χ1v) is 9.65. The van der Waals surface area contributed by atoms with Crippen LogP contribution in [-0.2, 0) is 11.2 Å². The molecule has 1 unspecified atom stereocenters. The van der Waals surface area contributed by atoms with E-state index in [0.717, 1.165) is 29.8 Å². The molecule has 2 N–H and O–H groups in total. The Morgan fingerprint density at radius 1 is 1.33 bits per heavy atom. The van der Waals surface area contributed by atoms with Crippen LogP contribution >= 0.6 is 23.4 Å². The molecule has 0 saturated carbocycles. The van der Waals surface area contributed by atoms with Crippen LogP contribution in [0.5, 0.6) is 0 Å². The number of amides is 1. The van der Waals surface area contributed by atoms with Crippen LogP contribution in [-0.4, -0.2) is 41.0 Å². The van der Waals surface area contributed by atoms with Gasteiger partial charge in [-0.2, -0.15) is 11.8 Å². The molecule has 0 aliphatic heterocycles. The molecule has 1 atom stereocenters. The molecule has 1 aromatic rings. The van der Waals surface area contributed by atoms with E-state index in [4.69, 9.17) is 21.4 Å². The van der Waals surface area contributed by atoms with Gasteiger partial charge in [0.2, 0.25) is 0 Å². The lowest BCUT2D eigenvalue weighted by Crippen LogP contribution is -2.41. The molecular weight excluding hydrogens is 346 g/mol. The molecular formula is C18H28ClNO3S. The highest BCUT2D eigenvalue weighted by molar-refractivity contribution is 7.99.